The number of rotatable bonds is 1. The largest absolute Gasteiger partial charge is 0.493 e. The third kappa shape index (κ3) is 1.49. The van der Waals surface area contributed by atoms with E-state index in [-0.39, 0.29) is 6.04 Å². The summed E-state index contributed by atoms with van der Waals surface area (Å²) in [6.07, 6.45) is 1.80. The van der Waals surface area contributed by atoms with Crippen molar-refractivity contribution in [3.05, 3.63) is 28.3 Å². The third-order valence-electron chi connectivity index (χ3n) is 2.65. The number of aryl methyl sites for hydroxylation is 1. The van der Waals surface area contributed by atoms with Crippen LogP contribution in [0.15, 0.2) is 12.1 Å². The molecule has 2 N–H and O–H groups in total. The Hall–Kier alpha value is -0.730. The molecule has 0 amide bonds. The standard InChI is InChI=1S/C11H14ClNO/c1-2-7-3-4-8(12)10-9(13)5-6-14-11(7)10/h3-4,9H,2,5-6,13H2,1H3. The topological polar surface area (TPSA) is 35.2 Å². The van der Waals surface area contributed by atoms with E-state index in [1.54, 1.807) is 0 Å². The molecule has 1 aliphatic rings. The van der Waals surface area contributed by atoms with Gasteiger partial charge in [0, 0.05) is 23.0 Å². The van der Waals surface area contributed by atoms with Crippen molar-refractivity contribution in [3.63, 3.8) is 0 Å². The van der Waals surface area contributed by atoms with Crippen LogP contribution < -0.4 is 10.5 Å². The van der Waals surface area contributed by atoms with E-state index in [0.29, 0.717) is 6.61 Å². The zero-order valence-corrected chi connectivity index (χ0v) is 8.97. The van der Waals surface area contributed by atoms with Gasteiger partial charge in [-0.1, -0.05) is 24.6 Å². The van der Waals surface area contributed by atoms with Crippen LogP contribution in [-0.2, 0) is 6.42 Å². The van der Waals surface area contributed by atoms with E-state index in [4.69, 9.17) is 22.1 Å². The Bertz CT molecular complexity index is 351. The monoisotopic (exact) mass is 211 g/mol. The van der Waals surface area contributed by atoms with Gasteiger partial charge >= 0.3 is 0 Å². The first-order chi connectivity index (χ1) is 6.74. The van der Waals surface area contributed by atoms with E-state index in [0.717, 1.165) is 29.2 Å². The molecule has 0 spiro atoms. The highest BCUT2D eigenvalue weighted by atomic mass is 35.5. The van der Waals surface area contributed by atoms with Crippen LogP contribution >= 0.6 is 11.6 Å². The van der Waals surface area contributed by atoms with Gasteiger partial charge in [0.15, 0.2) is 0 Å². The highest BCUT2D eigenvalue weighted by molar-refractivity contribution is 6.31. The highest BCUT2D eigenvalue weighted by Gasteiger charge is 2.22. The molecular weight excluding hydrogens is 198 g/mol. The molecule has 3 heteroatoms. The van der Waals surface area contributed by atoms with E-state index in [1.165, 1.54) is 5.56 Å². The predicted molar refractivity (Wildman–Crippen MR) is 57.9 cm³/mol. The van der Waals surface area contributed by atoms with Gasteiger partial charge in [-0.2, -0.15) is 0 Å². The van der Waals surface area contributed by atoms with E-state index in [1.807, 2.05) is 12.1 Å². The smallest absolute Gasteiger partial charge is 0.128 e. The number of nitrogens with two attached hydrogens (primary N) is 1. The molecule has 0 radical (unpaired) electrons. The Kier molecular flexibility index (Phi) is 2.66. The van der Waals surface area contributed by atoms with Gasteiger partial charge < -0.3 is 10.5 Å². The second-order valence-electron chi connectivity index (χ2n) is 3.55. The summed E-state index contributed by atoms with van der Waals surface area (Å²) in [6.45, 7) is 2.80. The summed E-state index contributed by atoms with van der Waals surface area (Å²) in [6, 6.07) is 3.95. The fraction of sp³-hybridized carbons (Fsp3) is 0.455. The van der Waals surface area contributed by atoms with Gasteiger partial charge in [-0.25, -0.2) is 0 Å². The van der Waals surface area contributed by atoms with E-state index >= 15 is 0 Å². The maximum Gasteiger partial charge on any atom is 0.128 e. The highest BCUT2D eigenvalue weighted by Crippen LogP contribution is 2.38. The van der Waals surface area contributed by atoms with Crippen molar-refractivity contribution < 1.29 is 4.74 Å². The lowest BCUT2D eigenvalue weighted by molar-refractivity contribution is 0.266. The van der Waals surface area contributed by atoms with Crippen LogP contribution in [0.1, 0.15) is 30.5 Å². The second-order valence-corrected chi connectivity index (χ2v) is 3.95. The van der Waals surface area contributed by atoms with Crippen LogP contribution in [0.4, 0.5) is 0 Å². The molecule has 0 saturated heterocycles. The normalized spacial score (nSPS) is 20.1. The average molecular weight is 212 g/mol. The number of benzene rings is 1. The number of halogens is 1. The van der Waals surface area contributed by atoms with Gasteiger partial charge in [0.1, 0.15) is 5.75 Å². The SMILES string of the molecule is CCc1ccc(Cl)c2c1OCCC2N. The molecule has 1 aromatic rings. The predicted octanol–water partition coefficient (Wildman–Crippen LogP) is 2.68. The minimum absolute atomic E-state index is 0.0257. The number of fused-ring (bicyclic) bond motifs is 1. The zero-order valence-electron chi connectivity index (χ0n) is 8.22. The summed E-state index contributed by atoms with van der Waals surface area (Å²) < 4.78 is 5.63. The molecule has 0 saturated carbocycles. The molecule has 2 rings (SSSR count). The molecule has 1 unspecified atom stereocenters. The lowest BCUT2D eigenvalue weighted by Crippen LogP contribution is -2.21. The fourth-order valence-electron chi connectivity index (χ4n) is 1.85. The van der Waals surface area contributed by atoms with Crippen LogP contribution in [0.3, 0.4) is 0 Å². The molecule has 1 aliphatic heterocycles. The lowest BCUT2D eigenvalue weighted by atomic mass is 9.97. The molecule has 14 heavy (non-hydrogen) atoms. The van der Waals surface area contributed by atoms with Crippen LogP contribution in [0.2, 0.25) is 5.02 Å². The molecular formula is C11H14ClNO. The Morgan fingerprint density at radius 2 is 2.36 bits per heavy atom. The molecule has 0 fully saturated rings. The minimum Gasteiger partial charge on any atom is -0.493 e. The maximum absolute atomic E-state index is 6.11. The van der Waals surface area contributed by atoms with Gasteiger partial charge in [0.25, 0.3) is 0 Å². The summed E-state index contributed by atoms with van der Waals surface area (Å²) in [4.78, 5) is 0. The summed E-state index contributed by atoms with van der Waals surface area (Å²) in [7, 11) is 0. The Morgan fingerprint density at radius 1 is 1.57 bits per heavy atom. The third-order valence-corrected chi connectivity index (χ3v) is 2.98. The van der Waals surface area contributed by atoms with Crippen molar-refractivity contribution in [1.29, 1.82) is 0 Å². The van der Waals surface area contributed by atoms with Crippen molar-refractivity contribution in [2.75, 3.05) is 6.61 Å². The molecule has 1 atom stereocenters. The first kappa shape index (κ1) is 9.81. The summed E-state index contributed by atoms with van der Waals surface area (Å²) in [5, 5.41) is 0.726. The van der Waals surface area contributed by atoms with Crippen molar-refractivity contribution in [3.8, 4) is 5.75 Å². The van der Waals surface area contributed by atoms with Crippen LogP contribution in [0, 0.1) is 0 Å². The van der Waals surface area contributed by atoms with E-state index in [2.05, 4.69) is 6.92 Å². The number of hydrogen-bond donors (Lipinski definition) is 1. The number of ether oxygens (including phenoxy) is 1. The fourth-order valence-corrected chi connectivity index (χ4v) is 2.14. The van der Waals surface area contributed by atoms with Crippen LogP contribution in [0.5, 0.6) is 5.75 Å². The maximum atomic E-state index is 6.11. The van der Waals surface area contributed by atoms with Crippen molar-refractivity contribution >= 4 is 11.6 Å². The van der Waals surface area contributed by atoms with Crippen molar-refractivity contribution in [1.82, 2.24) is 0 Å². The van der Waals surface area contributed by atoms with Gasteiger partial charge in [-0.05, 0) is 18.1 Å². The van der Waals surface area contributed by atoms with Gasteiger partial charge in [0.05, 0.1) is 6.61 Å². The molecule has 0 aliphatic carbocycles. The zero-order chi connectivity index (χ0) is 10.1. The molecule has 0 bridgehead atoms. The molecule has 1 aromatic carbocycles. The van der Waals surface area contributed by atoms with Gasteiger partial charge in [-0.15, -0.1) is 0 Å². The summed E-state index contributed by atoms with van der Waals surface area (Å²) in [5.74, 6) is 0.916. The Morgan fingerprint density at radius 3 is 3.07 bits per heavy atom. The molecule has 0 aromatic heterocycles. The van der Waals surface area contributed by atoms with Crippen molar-refractivity contribution in [2.24, 2.45) is 5.73 Å². The van der Waals surface area contributed by atoms with Crippen LogP contribution in [-0.4, -0.2) is 6.61 Å². The molecule has 2 nitrogen and oxygen atoms in total. The second kappa shape index (κ2) is 3.79. The summed E-state index contributed by atoms with van der Waals surface area (Å²) >= 11 is 6.11. The van der Waals surface area contributed by atoms with Gasteiger partial charge in [-0.3, -0.25) is 0 Å². The van der Waals surface area contributed by atoms with Gasteiger partial charge in [0.2, 0.25) is 0 Å². The Balaban J connectivity index is 2.57. The minimum atomic E-state index is 0.0257. The summed E-state index contributed by atoms with van der Waals surface area (Å²) in [5.41, 5.74) is 8.18. The van der Waals surface area contributed by atoms with E-state index < -0.39 is 0 Å². The number of hydrogen-bond acceptors (Lipinski definition) is 2. The lowest BCUT2D eigenvalue weighted by Gasteiger charge is -2.25. The molecule has 1 heterocycles. The average Bonchev–Trinajstić information content (AvgIpc) is 2.18. The van der Waals surface area contributed by atoms with E-state index in [9.17, 15) is 0 Å². The molecule has 76 valence electrons. The quantitative estimate of drug-likeness (QED) is 0.775. The van der Waals surface area contributed by atoms with Crippen LogP contribution in [0.25, 0.3) is 0 Å². The first-order valence-electron chi connectivity index (χ1n) is 4.93. The van der Waals surface area contributed by atoms with Crippen molar-refractivity contribution in [2.45, 2.75) is 25.8 Å². The Labute approximate surface area is 89.0 Å². The first-order valence-corrected chi connectivity index (χ1v) is 5.31.